The van der Waals surface area contributed by atoms with E-state index in [1.165, 1.54) is 46.0 Å². The number of aliphatic carboxylic acids is 4. The number of nitrogens with one attached hydrogen (secondary N) is 11. The summed E-state index contributed by atoms with van der Waals surface area (Å²) in [5, 5.41) is 72.7. The van der Waals surface area contributed by atoms with Gasteiger partial charge in [-0.05, 0) is 126 Å². The summed E-state index contributed by atoms with van der Waals surface area (Å²) < 4.78 is 17.2. The average Bonchev–Trinajstić information content (AvgIpc) is 1.78. The molecule has 1 unspecified atom stereocenters. The van der Waals surface area contributed by atoms with E-state index in [4.69, 9.17) is 19.3 Å². The number of carbonyl (C=O) groups excluding carboxylic acids is 11. The first-order valence-electron chi connectivity index (χ1n) is 39.0. The van der Waals surface area contributed by atoms with Gasteiger partial charge in [-0.15, -0.1) is 11.3 Å². The number of phenolic OH excluding ortho intramolecular Hbond substituents is 1. The van der Waals surface area contributed by atoms with Crippen molar-refractivity contribution in [2.24, 2.45) is 17.8 Å². The fourth-order valence-electron chi connectivity index (χ4n) is 12.3. The fraction of sp³-hybridized carbons (Fsp3) is 0.610. The largest absolute Gasteiger partial charge is 0.508 e. The van der Waals surface area contributed by atoms with Gasteiger partial charge in [-0.1, -0.05) is 112 Å². The second kappa shape index (κ2) is 52.6. The van der Waals surface area contributed by atoms with Crippen molar-refractivity contribution >= 4 is 122 Å². The van der Waals surface area contributed by atoms with Gasteiger partial charge < -0.3 is 92.5 Å². The molecule has 4 rings (SSSR count). The van der Waals surface area contributed by atoms with Crippen LogP contribution in [0.25, 0.3) is 0 Å². The van der Waals surface area contributed by atoms with E-state index in [0.29, 0.717) is 61.8 Å². The monoisotopic (exact) mass is 1700 g/mol. The van der Waals surface area contributed by atoms with E-state index < -0.39 is 151 Å². The summed E-state index contributed by atoms with van der Waals surface area (Å²) >= 11 is 1.08. The minimum atomic E-state index is -1.73. The summed E-state index contributed by atoms with van der Waals surface area (Å²) in [7, 11) is 4.38. The Hall–Kier alpha value is -10.1. The van der Waals surface area contributed by atoms with Gasteiger partial charge >= 0.3 is 48.0 Å². The lowest BCUT2D eigenvalue weighted by Gasteiger charge is -2.39. The average molecular weight is 1700 g/mol. The Balaban J connectivity index is 1.24. The van der Waals surface area contributed by atoms with Gasteiger partial charge in [0.15, 0.2) is 6.10 Å². The van der Waals surface area contributed by atoms with Crippen LogP contribution >= 0.6 is 32.9 Å². The van der Waals surface area contributed by atoms with E-state index in [2.05, 4.69) is 63.7 Å². The number of piperidine rings is 1. The van der Waals surface area contributed by atoms with Crippen LogP contribution in [0.5, 0.6) is 5.75 Å². The highest BCUT2D eigenvalue weighted by atomic mass is 33.1. The molecule has 1 aliphatic rings. The number of unbranched alkanes of at least 4 members (excludes halogenated alkanes) is 1. The van der Waals surface area contributed by atoms with Gasteiger partial charge in [0.1, 0.15) is 54.0 Å². The van der Waals surface area contributed by atoms with Crippen LogP contribution in [0, 0.1) is 17.8 Å². The predicted octanol–water partition coefficient (Wildman–Crippen LogP) is 5.24. The van der Waals surface area contributed by atoms with Gasteiger partial charge in [-0.25, -0.2) is 29.6 Å². The Kier molecular flexibility index (Phi) is 44.6. The quantitative estimate of drug-likeness (QED) is 0.0113. The number of phenols is 1. The van der Waals surface area contributed by atoms with Crippen molar-refractivity contribution in [3.8, 4) is 5.75 Å². The summed E-state index contributed by atoms with van der Waals surface area (Å²) in [5.74, 6) is -11.7. The molecule has 2 heterocycles. The lowest BCUT2D eigenvalue weighted by atomic mass is 9.92. The molecule has 1 aliphatic heterocycles. The number of hydrogen-bond acceptors (Lipinski definition) is 24. The summed E-state index contributed by atoms with van der Waals surface area (Å²) in [6.07, 6.45) is 0.777. The van der Waals surface area contributed by atoms with Crippen molar-refractivity contribution in [3.05, 3.63) is 81.3 Å². The van der Waals surface area contributed by atoms with Gasteiger partial charge in [0.25, 0.3) is 5.91 Å². The van der Waals surface area contributed by atoms with Crippen LogP contribution < -0.4 is 58.7 Å². The van der Waals surface area contributed by atoms with Crippen molar-refractivity contribution in [1.29, 1.82) is 0 Å². The number of hydrogen-bond donors (Lipinski definition) is 16. The second-order valence-corrected chi connectivity index (χ2v) is 32.7. The number of nitrogens with zero attached hydrogens (tertiary/aromatic N) is 3. The summed E-state index contributed by atoms with van der Waals surface area (Å²) in [4.78, 5) is 201. The van der Waals surface area contributed by atoms with E-state index in [0.717, 1.165) is 30.7 Å². The van der Waals surface area contributed by atoms with Gasteiger partial charge in [0.05, 0.1) is 25.3 Å². The zero-order valence-electron chi connectivity index (χ0n) is 67.8. The maximum absolute atomic E-state index is 15.0. The molecule has 37 nitrogen and oxygen atoms in total. The molecule has 117 heavy (non-hydrogen) atoms. The fourth-order valence-corrected chi connectivity index (χ4v) is 15.2. The number of rotatable bonds is 52. The standard InChI is InChI=1S/C77H116N14O23S3/c1-11-31-112-43-91(73(106)66(45(5)12-2)87-71(105)59-18-14-16-30-90(59)10)60(44(3)4)39-61(114-49(9)92)72-85-58(42-115-72)70(104)82-53(35-50-23-25-54(93)26-24-50)34-46(6)67(101)88-89-77(111)113-32-33-116-117-41-48(8)80-68(102)57(38-65(99)100)84-69(103)56(37-64(97)98)83-62(94)36-51-19-21-52(22-20-51)40-79-75(109)78-29-15-13-17-47(7)81-76(110)86-55(74(107)108)27-28-63(95)96/h19-26,42,44-48,53,55-57,59-61,66,93H,11-18,27-41,43H2,1-10H3,(H,80,102)(H,82,104)(H,83,94)(H,84,103)(H,87,105)(H,88,101)(H,89,111)(H,95,96)(H,97,98)(H,99,100)(H,107,108)(H2,78,79,109)(H2,81,86,110)/t45?,46-,47+,48+,53+,55-,56-,57-,59+,60+,61+,66-/m0/s1. The third-order valence-electron chi connectivity index (χ3n) is 18.9. The lowest BCUT2D eigenvalue weighted by molar-refractivity contribution is -0.153. The summed E-state index contributed by atoms with van der Waals surface area (Å²) in [6, 6.07) is 3.01. The van der Waals surface area contributed by atoms with Crippen LogP contribution in [0.2, 0.25) is 0 Å². The summed E-state index contributed by atoms with van der Waals surface area (Å²) in [5.41, 5.74) is 6.30. The molecule has 12 amide bonds. The zero-order chi connectivity index (χ0) is 86.8. The number of carbonyl (C=O) groups is 15. The minimum Gasteiger partial charge on any atom is -0.508 e. The molecular formula is C77H116N14O23S3. The predicted molar refractivity (Wildman–Crippen MR) is 433 cm³/mol. The molecule has 1 aromatic heterocycles. The number of likely N-dealkylation sites (N-methyl/N-ethyl adjacent to an activating group) is 1. The Bertz CT molecular complexity index is 3770. The number of ether oxygens (including phenoxy) is 3. The van der Waals surface area contributed by atoms with E-state index in [1.54, 1.807) is 62.1 Å². The van der Waals surface area contributed by atoms with Crippen LogP contribution in [0.15, 0.2) is 53.9 Å². The first-order valence-corrected chi connectivity index (χ1v) is 42.4. The Morgan fingerprint density at radius 3 is 1.96 bits per heavy atom. The number of aromatic hydroxyl groups is 1. The van der Waals surface area contributed by atoms with Crippen molar-refractivity contribution in [2.45, 2.75) is 232 Å². The third-order valence-corrected chi connectivity index (χ3v) is 22.3. The molecule has 3 aromatic rings. The molecule has 0 bridgehead atoms. The molecule has 0 radical (unpaired) electrons. The molecule has 1 saturated heterocycles. The minimum absolute atomic E-state index is 0.00515. The Morgan fingerprint density at radius 1 is 0.675 bits per heavy atom. The van der Waals surface area contributed by atoms with Crippen LogP contribution in [0.1, 0.15) is 190 Å². The van der Waals surface area contributed by atoms with E-state index >= 15 is 0 Å². The zero-order valence-corrected chi connectivity index (χ0v) is 70.3. The maximum Gasteiger partial charge on any atom is 0.426 e. The van der Waals surface area contributed by atoms with Crippen LogP contribution in [-0.2, 0) is 86.3 Å². The third kappa shape index (κ3) is 38.3. The van der Waals surface area contributed by atoms with Crippen molar-refractivity contribution in [3.63, 3.8) is 0 Å². The molecule has 2 aromatic carbocycles. The number of carboxylic acids is 4. The number of carboxylic acid groups (broad SMARTS) is 4. The number of likely N-dealkylation sites (tertiary alicyclic amines) is 1. The molecule has 40 heteroatoms. The Morgan fingerprint density at radius 2 is 1.33 bits per heavy atom. The van der Waals surface area contributed by atoms with E-state index in [9.17, 15) is 92.3 Å². The molecule has 0 saturated carbocycles. The summed E-state index contributed by atoms with van der Waals surface area (Å²) in [6.45, 7) is 17.0. The molecule has 650 valence electrons. The molecular weight excluding hydrogens is 1590 g/mol. The number of amides is 12. The number of thiazole rings is 1. The molecule has 1 fully saturated rings. The number of esters is 1. The van der Waals surface area contributed by atoms with Crippen molar-refractivity contribution in [2.75, 3.05) is 51.6 Å². The normalized spacial score (nSPS) is 15.5. The highest BCUT2D eigenvalue weighted by molar-refractivity contribution is 8.76. The van der Waals surface area contributed by atoms with Crippen LogP contribution in [0.3, 0.4) is 0 Å². The SMILES string of the molecule is CCCOCN(C(=O)[C@@H](NC(=O)[C@H]1CCCCN1C)C(C)CC)[C@H](C[C@@H](OC(C)=O)c1nc(C(=O)N[C@@H](Cc2ccc(O)cc2)C[C@H](C)C(=O)NNC(=O)OCCSSC[C@@H](C)NC(=O)[C@H](CC(=O)O)NC(=O)[C@H](CC(=O)O)NC(=O)Cc2ccc(CNC(=O)NCCCC[C@@H](C)NC(=O)N[C@@H](CCC(=O)O)C(=O)O)cc2)cs1)C(C)C. The number of hydrazine groups is 1. The van der Waals surface area contributed by atoms with Gasteiger partial charge in [-0.3, -0.25) is 63.1 Å². The first-order chi connectivity index (χ1) is 55.5. The van der Waals surface area contributed by atoms with E-state index in [-0.39, 0.29) is 122 Å². The lowest BCUT2D eigenvalue weighted by Crippen LogP contribution is -2.59. The number of urea groups is 2. The highest BCUT2D eigenvalue weighted by Crippen LogP contribution is 2.33. The van der Waals surface area contributed by atoms with Crippen LogP contribution in [-0.4, -0.2) is 236 Å². The van der Waals surface area contributed by atoms with Gasteiger partial charge in [-0.2, -0.15) is 0 Å². The second-order valence-electron chi connectivity index (χ2n) is 29.2. The Labute approximate surface area is 692 Å². The molecule has 0 spiro atoms. The number of benzene rings is 2. The maximum atomic E-state index is 15.0. The van der Waals surface area contributed by atoms with Crippen molar-refractivity contribution < 1.29 is 112 Å². The molecule has 16 N–H and O–H groups in total. The topological polar surface area (TPSA) is 537 Å². The molecule has 0 aliphatic carbocycles. The van der Waals surface area contributed by atoms with Crippen LogP contribution in [0.4, 0.5) is 14.4 Å². The van der Waals surface area contributed by atoms with Gasteiger partial charge in [0.2, 0.25) is 35.4 Å². The van der Waals surface area contributed by atoms with Crippen molar-refractivity contribution in [1.82, 2.24) is 73.5 Å². The smallest absolute Gasteiger partial charge is 0.426 e. The first kappa shape index (κ1) is 99.3. The molecule has 12 atom stereocenters. The van der Waals surface area contributed by atoms with E-state index in [1.807, 2.05) is 46.6 Å². The highest BCUT2D eigenvalue weighted by Gasteiger charge is 2.40. The van der Waals surface area contributed by atoms with Gasteiger partial charge in [0, 0.05) is 86.4 Å². The number of aromatic nitrogens is 1.